The average molecular weight is 454 g/mol. The van der Waals surface area contributed by atoms with Crippen molar-refractivity contribution in [3.63, 3.8) is 0 Å². The quantitative estimate of drug-likeness (QED) is 0.447. The van der Waals surface area contributed by atoms with Crippen molar-refractivity contribution in [2.24, 2.45) is 0 Å². The highest BCUT2D eigenvalue weighted by atomic mass is 35.5. The fourth-order valence-corrected chi connectivity index (χ4v) is 3.88. The molecule has 0 radical (unpaired) electrons. The topological polar surface area (TPSA) is 61.9 Å². The molecule has 0 spiro atoms. The highest BCUT2D eigenvalue weighted by Crippen LogP contribution is 2.32. The zero-order valence-corrected chi connectivity index (χ0v) is 19.1. The lowest BCUT2D eigenvalue weighted by Crippen LogP contribution is -2.50. The van der Waals surface area contributed by atoms with E-state index in [1.165, 1.54) is 0 Å². The standard InChI is InChI=1S/C25H28ClN3O3/c1-4-15-29-21(17-28(3)16-18-9-7-6-8-10-18)22(24(30)32-5-2)23(27-25(29)31)19-11-13-20(26)14-12-19/h4,6-14,23H,1,5,15-17H2,2-3H3,(H,27,31). The summed E-state index contributed by atoms with van der Waals surface area (Å²) in [7, 11) is 1.96. The Morgan fingerprint density at radius 1 is 1.19 bits per heavy atom. The predicted octanol–water partition coefficient (Wildman–Crippen LogP) is 4.54. The van der Waals surface area contributed by atoms with Gasteiger partial charge in [0.1, 0.15) is 0 Å². The molecule has 1 unspecified atom stereocenters. The molecule has 2 aromatic carbocycles. The monoisotopic (exact) mass is 453 g/mol. The Bertz CT molecular complexity index is 989. The number of esters is 1. The molecule has 0 aromatic heterocycles. The summed E-state index contributed by atoms with van der Waals surface area (Å²) in [6.07, 6.45) is 1.64. The Balaban J connectivity index is 2.05. The van der Waals surface area contributed by atoms with Crippen molar-refractivity contribution in [1.82, 2.24) is 15.1 Å². The number of carbonyl (C=O) groups excluding carboxylic acids is 2. The Morgan fingerprint density at radius 2 is 1.88 bits per heavy atom. The molecule has 6 nitrogen and oxygen atoms in total. The molecule has 7 heteroatoms. The summed E-state index contributed by atoms with van der Waals surface area (Å²) in [5, 5.41) is 3.53. The molecular formula is C25H28ClN3O3. The van der Waals surface area contributed by atoms with Crippen LogP contribution in [0.3, 0.4) is 0 Å². The van der Waals surface area contributed by atoms with Crippen LogP contribution in [0.1, 0.15) is 24.1 Å². The first-order chi connectivity index (χ1) is 15.4. The summed E-state index contributed by atoms with van der Waals surface area (Å²) in [6.45, 7) is 7.09. The Morgan fingerprint density at radius 3 is 2.50 bits per heavy atom. The normalized spacial score (nSPS) is 16.2. The van der Waals surface area contributed by atoms with Crippen LogP contribution in [0, 0.1) is 0 Å². The lowest BCUT2D eigenvalue weighted by Gasteiger charge is -2.37. The highest BCUT2D eigenvalue weighted by Gasteiger charge is 2.38. The maximum Gasteiger partial charge on any atom is 0.338 e. The van der Waals surface area contributed by atoms with Crippen LogP contribution in [0.4, 0.5) is 4.79 Å². The number of rotatable bonds is 9. The second kappa shape index (κ2) is 11.0. The van der Waals surface area contributed by atoms with E-state index in [1.54, 1.807) is 42.2 Å². The molecule has 0 fully saturated rings. The predicted molar refractivity (Wildman–Crippen MR) is 126 cm³/mol. The first-order valence-electron chi connectivity index (χ1n) is 10.5. The molecule has 1 heterocycles. The summed E-state index contributed by atoms with van der Waals surface area (Å²) in [4.78, 5) is 29.8. The molecule has 32 heavy (non-hydrogen) atoms. The zero-order chi connectivity index (χ0) is 23.1. The van der Waals surface area contributed by atoms with Crippen LogP contribution in [0.15, 0.2) is 78.5 Å². The maximum atomic E-state index is 13.1. The fraction of sp³-hybridized carbons (Fsp3) is 0.280. The molecule has 3 rings (SSSR count). The van der Waals surface area contributed by atoms with Gasteiger partial charge in [-0.3, -0.25) is 9.80 Å². The summed E-state index contributed by atoms with van der Waals surface area (Å²) < 4.78 is 5.40. The number of nitrogens with zero attached hydrogens (tertiary/aromatic N) is 2. The molecule has 2 amide bonds. The van der Waals surface area contributed by atoms with Gasteiger partial charge in [-0.15, -0.1) is 6.58 Å². The number of hydrogen-bond donors (Lipinski definition) is 1. The van der Waals surface area contributed by atoms with Crippen LogP contribution < -0.4 is 5.32 Å². The molecule has 0 bridgehead atoms. The van der Waals surface area contributed by atoms with Gasteiger partial charge in [0.2, 0.25) is 0 Å². The summed E-state index contributed by atoms with van der Waals surface area (Å²) in [5.74, 6) is -0.454. The number of amides is 2. The summed E-state index contributed by atoms with van der Waals surface area (Å²) >= 11 is 6.05. The molecule has 1 aliphatic heterocycles. The van der Waals surface area contributed by atoms with Gasteiger partial charge in [-0.05, 0) is 37.2 Å². The van der Waals surface area contributed by atoms with E-state index in [9.17, 15) is 9.59 Å². The second-order valence-electron chi connectivity index (χ2n) is 7.57. The minimum atomic E-state index is -0.639. The van der Waals surface area contributed by atoms with E-state index in [1.807, 2.05) is 37.4 Å². The number of ether oxygens (including phenoxy) is 1. The molecule has 1 N–H and O–H groups in total. The van der Waals surface area contributed by atoms with Gasteiger partial charge in [-0.1, -0.05) is 60.1 Å². The van der Waals surface area contributed by atoms with Crippen LogP contribution in [-0.4, -0.2) is 48.5 Å². The van der Waals surface area contributed by atoms with Gasteiger partial charge in [0, 0.05) is 30.4 Å². The zero-order valence-electron chi connectivity index (χ0n) is 18.4. The molecule has 0 saturated heterocycles. The third-order valence-electron chi connectivity index (χ3n) is 5.16. The largest absolute Gasteiger partial charge is 0.463 e. The van der Waals surface area contributed by atoms with Gasteiger partial charge < -0.3 is 10.1 Å². The number of benzene rings is 2. The molecule has 0 aliphatic carbocycles. The first-order valence-corrected chi connectivity index (χ1v) is 10.9. The summed E-state index contributed by atoms with van der Waals surface area (Å²) in [5.41, 5.74) is 2.91. The number of urea groups is 1. The van der Waals surface area contributed by atoms with Crippen molar-refractivity contribution < 1.29 is 14.3 Å². The van der Waals surface area contributed by atoms with Crippen molar-refractivity contribution >= 4 is 23.6 Å². The van der Waals surface area contributed by atoms with Crippen molar-refractivity contribution in [3.8, 4) is 0 Å². The average Bonchev–Trinajstić information content (AvgIpc) is 2.77. The molecular weight excluding hydrogens is 426 g/mol. The maximum absolute atomic E-state index is 13.1. The molecule has 2 aromatic rings. The lowest BCUT2D eigenvalue weighted by atomic mass is 9.94. The number of halogens is 1. The number of carbonyl (C=O) groups is 2. The van der Waals surface area contributed by atoms with Gasteiger partial charge in [-0.2, -0.15) is 0 Å². The van der Waals surface area contributed by atoms with Crippen molar-refractivity contribution in [2.45, 2.75) is 19.5 Å². The minimum absolute atomic E-state index is 0.234. The van der Waals surface area contributed by atoms with Crippen molar-refractivity contribution in [2.75, 3.05) is 26.7 Å². The van der Waals surface area contributed by atoms with Gasteiger partial charge >= 0.3 is 12.0 Å². The molecule has 0 saturated carbocycles. The van der Waals surface area contributed by atoms with Gasteiger partial charge in [0.15, 0.2) is 0 Å². The third kappa shape index (κ3) is 5.58. The Hall–Kier alpha value is -3.09. The van der Waals surface area contributed by atoms with Gasteiger partial charge in [0.25, 0.3) is 0 Å². The Labute approximate surface area is 194 Å². The second-order valence-corrected chi connectivity index (χ2v) is 8.01. The molecule has 168 valence electrons. The van der Waals surface area contributed by atoms with E-state index in [-0.39, 0.29) is 19.2 Å². The third-order valence-corrected chi connectivity index (χ3v) is 5.42. The smallest absolute Gasteiger partial charge is 0.338 e. The number of hydrogen-bond acceptors (Lipinski definition) is 4. The SMILES string of the molecule is C=CCN1C(=O)NC(c2ccc(Cl)cc2)C(C(=O)OCC)=C1CN(C)Cc1ccccc1. The van der Waals surface area contributed by atoms with Crippen LogP contribution in [-0.2, 0) is 16.1 Å². The highest BCUT2D eigenvalue weighted by molar-refractivity contribution is 6.30. The minimum Gasteiger partial charge on any atom is -0.463 e. The number of likely N-dealkylation sites (N-methyl/N-ethyl adjacent to an activating group) is 1. The van der Waals surface area contributed by atoms with Gasteiger partial charge in [-0.25, -0.2) is 9.59 Å². The molecule has 1 atom stereocenters. The van der Waals surface area contributed by atoms with Crippen LogP contribution in [0.25, 0.3) is 0 Å². The van der Waals surface area contributed by atoms with Crippen molar-refractivity contribution in [3.05, 3.63) is 94.7 Å². The van der Waals surface area contributed by atoms with E-state index in [2.05, 4.69) is 16.8 Å². The number of nitrogens with one attached hydrogen (secondary N) is 1. The van der Waals surface area contributed by atoms with Crippen LogP contribution >= 0.6 is 11.6 Å². The van der Waals surface area contributed by atoms with Crippen molar-refractivity contribution in [1.29, 1.82) is 0 Å². The molecule has 1 aliphatic rings. The van der Waals surface area contributed by atoms with E-state index < -0.39 is 12.0 Å². The van der Waals surface area contributed by atoms with Gasteiger partial charge in [0.05, 0.1) is 18.2 Å². The summed E-state index contributed by atoms with van der Waals surface area (Å²) in [6, 6.07) is 16.2. The Kier molecular flexibility index (Phi) is 8.09. The fourth-order valence-electron chi connectivity index (χ4n) is 3.76. The van der Waals surface area contributed by atoms with E-state index in [0.717, 1.165) is 11.1 Å². The van der Waals surface area contributed by atoms with E-state index >= 15 is 0 Å². The van der Waals surface area contributed by atoms with Crippen LogP contribution in [0.2, 0.25) is 5.02 Å². The first kappa shape index (κ1) is 23.6. The lowest BCUT2D eigenvalue weighted by molar-refractivity contribution is -0.139. The van der Waals surface area contributed by atoms with Crippen LogP contribution in [0.5, 0.6) is 0 Å². The van der Waals surface area contributed by atoms with E-state index in [4.69, 9.17) is 16.3 Å². The van der Waals surface area contributed by atoms with E-state index in [0.29, 0.717) is 29.4 Å².